The van der Waals surface area contributed by atoms with Crippen molar-refractivity contribution in [2.24, 2.45) is 7.05 Å². The van der Waals surface area contributed by atoms with Crippen LogP contribution in [0, 0.1) is 0 Å². The maximum atomic E-state index is 11.9. The number of benzene rings is 1. The summed E-state index contributed by atoms with van der Waals surface area (Å²) in [7, 11) is -1.96. The number of rotatable bonds is 8. The number of hydrogen-bond donors (Lipinski definition) is 1. The van der Waals surface area contributed by atoms with Crippen LogP contribution < -0.4 is 23.7 Å². The van der Waals surface area contributed by atoms with E-state index in [-0.39, 0.29) is 37.7 Å². The molecule has 0 aliphatic carbocycles. The zero-order valence-electron chi connectivity index (χ0n) is 16.5. The van der Waals surface area contributed by atoms with Gasteiger partial charge in [-0.25, -0.2) is 23.1 Å². The molecule has 0 atom stereocenters. The lowest BCUT2D eigenvalue weighted by atomic mass is 10.1. The van der Waals surface area contributed by atoms with Crippen LogP contribution in [-0.4, -0.2) is 54.4 Å². The smallest absolute Gasteiger partial charge is 0.316 e. The van der Waals surface area contributed by atoms with Crippen LogP contribution in [0.25, 0.3) is 11.1 Å². The number of nitrogens with one attached hydrogen (secondary N) is 1. The Morgan fingerprint density at radius 1 is 1.16 bits per heavy atom. The van der Waals surface area contributed by atoms with Crippen molar-refractivity contribution in [2.75, 3.05) is 31.0 Å². The minimum Gasteiger partial charge on any atom is -0.472 e. The molecule has 3 aromatic rings. The molecule has 4 rings (SSSR count). The van der Waals surface area contributed by atoms with Gasteiger partial charge in [0.05, 0.1) is 29.2 Å². The SMILES string of the molecule is Cn1nc(OCCOc2ncc(Cl)cn2)c(-c2ccc3c(c2)OCO3)c1NS(C)(=O)=O. The van der Waals surface area contributed by atoms with Crippen molar-refractivity contribution in [3.63, 3.8) is 0 Å². The summed E-state index contributed by atoms with van der Waals surface area (Å²) in [5.41, 5.74) is 1.09. The van der Waals surface area contributed by atoms with Gasteiger partial charge in [-0.15, -0.1) is 5.10 Å². The fourth-order valence-electron chi connectivity index (χ4n) is 2.85. The number of ether oxygens (including phenoxy) is 4. The molecule has 2 aromatic heterocycles. The molecule has 0 saturated carbocycles. The van der Waals surface area contributed by atoms with Crippen molar-refractivity contribution >= 4 is 27.4 Å². The van der Waals surface area contributed by atoms with Gasteiger partial charge >= 0.3 is 6.01 Å². The summed E-state index contributed by atoms with van der Waals surface area (Å²) in [5.74, 6) is 1.61. The minimum absolute atomic E-state index is 0.110. The van der Waals surface area contributed by atoms with Crippen LogP contribution in [0.5, 0.6) is 23.4 Å². The van der Waals surface area contributed by atoms with Crippen LogP contribution in [0.1, 0.15) is 0 Å². The second kappa shape index (κ2) is 8.47. The molecule has 1 aliphatic rings. The van der Waals surface area contributed by atoms with E-state index in [1.807, 2.05) is 0 Å². The third kappa shape index (κ3) is 4.91. The molecule has 1 N–H and O–H groups in total. The number of sulfonamides is 1. The van der Waals surface area contributed by atoms with E-state index in [1.54, 1.807) is 25.2 Å². The molecule has 13 heteroatoms. The molecule has 164 valence electrons. The molecular weight excluding hydrogens is 450 g/mol. The average Bonchev–Trinajstić information content (AvgIpc) is 3.29. The van der Waals surface area contributed by atoms with E-state index in [9.17, 15) is 8.42 Å². The Labute approximate surface area is 182 Å². The van der Waals surface area contributed by atoms with Gasteiger partial charge in [0.2, 0.25) is 22.7 Å². The maximum Gasteiger partial charge on any atom is 0.316 e. The molecule has 0 bridgehead atoms. The Balaban J connectivity index is 1.58. The Morgan fingerprint density at radius 3 is 2.61 bits per heavy atom. The molecule has 11 nitrogen and oxygen atoms in total. The minimum atomic E-state index is -3.57. The van der Waals surface area contributed by atoms with Crippen molar-refractivity contribution in [3.8, 4) is 34.5 Å². The van der Waals surface area contributed by atoms with Gasteiger partial charge in [0.25, 0.3) is 0 Å². The van der Waals surface area contributed by atoms with Crippen LogP contribution in [0.15, 0.2) is 30.6 Å². The summed E-state index contributed by atoms with van der Waals surface area (Å²) in [6.45, 7) is 0.361. The quantitative estimate of drug-likeness (QED) is 0.495. The van der Waals surface area contributed by atoms with Crippen molar-refractivity contribution in [2.45, 2.75) is 0 Å². The number of nitrogens with zero attached hydrogens (tertiary/aromatic N) is 4. The molecule has 1 aliphatic heterocycles. The van der Waals surface area contributed by atoms with Gasteiger partial charge in [0, 0.05) is 7.05 Å². The summed E-state index contributed by atoms with van der Waals surface area (Å²) in [5, 5.41) is 4.71. The molecule has 0 amide bonds. The van der Waals surface area contributed by atoms with E-state index < -0.39 is 10.0 Å². The Kier molecular flexibility index (Phi) is 5.74. The zero-order chi connectivity index (χ0) is 22.0. The Hall–Kier alpha value is -3.25. The van der Waals surface area contributed by atoms with Crippen LogP contribution in [0.3, 0.4) is 0 Å². The molecule has 0 spiro atoms. The van der Waals surface area contributed by atoms with Crippen molar-refractivity contribution in [1.82, 2.24) is 19.7 Å². The summed E-state index contributed by atoms with van der Waals surface area (Å²) < 4.78 is 49.6. The normalized spacial score (nSPS) is 12.6. The molecule has 31 heavy (non-hydrogen) atoms. The van der Waals surface area contributed by atoms with Gasteiger partial charge in [-0.3, -0.25) is 4.72 Å². The van der Waals surface area contributed by atoms with Crippen molar-refractivity contribution < 1.29 is 27.4 Å². The first kappa shape index (κ1) is 21.0. The molecule has 1 aromatic carbocycles. The third-order valence-electron chi connectivity index (χ3n) is 4.11. The van der Waals surface area contributed by atoms with Crippen molar-refractivity contribution in [3.05, 3.63) is 35.6 Å². The Morgan fingerprint density at radius 2 is 1.87 bits per heavy atom. The molecule has 3 heterocycles. The second-order valence-corrected chi connectivity index (χ2v) is 8.66. The first-order valence-corrected chi connectivity index (χ1v) is 11.2. The fraction of sp³-hybridized carbons (Fsp3) is 0.278. The van der Waals surface area contributed by atoms with Gasteiger partial charge in [-0.2, -0.15) is 0 Å². The van der Waals surface area contributed by atoms with Gasteiger partial charge in [0.1, 0.15) is 19.0 Å². The highest BCUT2D eigenvalue weighted by Gasteiger charge is 2.24. The van der Waals surface area contributed by atoms with E-state index in [0.717, 1.165) is 6.26 Å². The molecular formula is C18H18ClN5O6S. The zero-order valence-corrected chi connectivity index (χ0v) is 18.1. The summed E-state index contributed by atoms with van der Waals surface area (Å²) in [4.78, 5) is 7.87. The number of hydrogen-bond acceptors (Lipinski definition) is 9. The number of aryl methyl sites for hydroxylation is 1. The van der Waals surface area contributed by atoms with E-state index in [4.69, 9.17) is 30.5 Å². The van der Waals surface area contributed by atoms with E-state index in [1.165, 1.54) is 17.1 Å². The molecule has 0 saturated heterocycles. The van der Waals surface area contributed by atoms with Crippen molar-refractivity contribution in [1.29, 1.82) is 0 Å². The highest BCUT2D eigenvalue weighted by molar-refractivity contribution is 7.92. The maximum absolute atomic E-state index is 11.9. The number of aromatic nitrogens is 4. The molecule has 0 unspecified atom stereocenters. The van der Waals surface area contributed by atoms with Crippen LogP contribution in [-0.2, 0) is 17.1 Å². The first-order chi connectivity index (χ1) is 14.8. The highest BCUT2D eigenvalue weighted by Crippen LogP contribution is 2.42. The summed E-state index contributed by atoms with van der Waals surface area (Å²) in [6.07, 6.45) is 3.90. The summed E-state index contributed by atoms with van der Waals surface area (Å²) >= 11 is 5.75. The highest BCUT2D eigenvalue weighted by atomic mass is 35.5. The largest absolute Gasteiger partial charge is 0.472 e. The van der Waals surface area contributed by atoms with Crippen LogP contribution in [0.2, 0.25) is 5.02 Å². The predicted octanol–water partition coefficient (Wildman–Crippen LogP) is 2.09. The van der Waals surface area contributed by atoms with Crippen LogP contribution in [0.4, 0.5) is 5.82 Å². The summed E-state index contributed by atoms with van der Waals surface area (Å²) in [6, 6.07) is 5.39. The van der Waals surface area contributed by atoms with E-state index in [0.29, 0.717) is 27.6 Å². The topological polar surface area (TPSA) is 127 Å². The van der Waals surface area contributed by atoms with Gasteiger partial charge < -0.3 is 18.9 Å². The van der Waals surface area contributed by atoms with E-state index in [2.05, 4.69) is 19.8 Å². The van der Waals surface area contributed by atoms with Gasteiger partial charge in [-0.05, 0) is 17.7 Å². The second-order valence-electron chi connectivity index (χ2n) is 6.48. The Bertz CT molecular complexity index is 1200. The average molecular weight is 468 g/mol. The first-order valence-electron chi connectivity index (χ1n) is 8.98. The predicted molar refractivity (Wildman–Crippen MR) is 111 cm³/mol. The number of fused-ring (bicyclic) bond motifs is 1. The molecule has 0 fully saturated rings. The lowest BCUT2D eigenvalue weighted by Crippen LogP contribution is -2.13. The van der Waals surface area contributed by atoms with Crippen LogP contribution >= 0.6 is 11.6 Å². The standard InChI is InChI=1S/C18H18ClN5O6S/c1-24-16(23-31(2,25)26)15(11-3-4-13-14(7-11)30-10-29-13)17(22-24)27-5-6-28-18-20-8-12(19)9-21-18/h3-4,7-9,23H,5-6,10H2,1-2H3. The van der Waals surface area contributed by atoms with Gasteiger partial charge in [-0.1, -0.05) is 17.7 Å². The number of anilines is 1. The molecule has 0 radical (unpaired) electrons. The third-order valence-corrected chi connectivity index (χ3v) is 4.87. The lowest BCUT2D eigenvalue weighted by molar-refractivity contribution is 0.174. The number of halogens is 1. The monoisotopic (exact) mass is 467 g/mol. The lowest BCUT2D eigenvalue weighted by Gasteiger charge is -2.10. The van der Waals surface area contributed by atoms with E-state index >= 15 is 0 Å². The van der Waals surface area contributed by atoms with Gasteiger partial charge in [0.15, 0.2) is 11.5 Å². The fourth-order valence-corrected chi connectivity index (χ4v) is 3.53.